The van der Waals surface area contributed by atoms with E-state index in [2.05, 4.69) is 5.16 Å². The lowest BCUT2D eigenvalue weighted by molar-refractivity contribution is -0.385. The molecule has 0 unspecified atom stereocenters. The molecule has 0 bridgehead atoms. The Kier molecular flexibility index (Phi) is 5.69. The lowest BCUT2D eigenvalue weighted by atomic mass is 10.1. The zero-order valence-corrected chi connectivity index (χ0v) is 15.4. The molecule has 0 aliphatic rings. The van der Waals surface area contributed by atoms with Crippen LogP contribution in [0.1, 0.15) is 28.5 Å². The average Bonchev–Trinajstić information content (AvgIpc) is 3.12. The van der Waals surface area contributed by atoms with Crippen molar-refractivity contribution in [1.82, 2.24) is 5.16 Å². The average molecular weight is 382 g/mol. The van der Waals surface area contributed by atoms with Crippen LogP contribution in [0.4, 0.5) is 5.69 Å². The molecular weight excluding hydrogens is 364 g/mol. The summed E-state index contributed by atoms with van der Waals surface area (Å²) in [5.74, 6) is -0.580. The summed E-state index contributed by atoms with van der Waals surface area (Å²) in [6.07, 6.45) is 0. The van der Waals surface area contributed by atoms with Crippen LogP contribution in [0.3, 0.4) is 0 Å². The van der Waals surface area contributed by atoms with Gasteiger partial charge >= 0.3 is 11.9 Å². The fraction of sp³-hybridized carbons (Fsp3) is 0.200. The topological polar surface area (TPSA) is 105 Å². The van der Waals surface area contributed by atoms with Gasteiger partial charge in [0.2, 0.25) is 5.69 Å². The first-order valence-corrected chi connectivity index (χ1v) is 8.60. The van der Waals surface area contributed by atoms with E-state index in [-0.39, 0.29) is 30.5 Å². The van der Waals surface area contributed by atoms with Crippen LogP contribution in [0.5, 0.6) is 5.95 Å². The Balaban J connectivity index is 1.91. The van der Waals surface area contributed by atoms with E-state index in [1.165, 1.54) is 6.07 Å². The molecule has 8 heteroatoms. The van der Waals surface area contributed by atoms with Crippen molar-refractivity contribution in [3.63, 3.8) is 0 Å². The second-order valence-electron chi connectivity index (χ2n) is 5.95. The van der Waals surface area contributed by atoms with Crippen LogP contribution >= 0.6 is 0 Å². The van der Waals surface area contributed by atoms with Crippen LogP contribution in [0.15, 0.2) is 53.1 Å². The number of aromatic nitrogens is 1. The molecule has 0 aliphatic heterocycles. The molecule has 28 heavy (non-hydrogen) atoms. The summed E-state index contributed by atoms with van der Waals surface area (Å²) in [5, 5.41) is 14.9. The largest absolute Gasteiger partial charge is 0.461 e. The molecule has 0 N–H and O–H groups in total. The van der Waals surface area contributed by atoms with E-state index < -0.39 is 10.9 Å². The van der Waals surface area contributed by atoms with E-state index in [9.17, 15) is 14.9 Å². The zero-order valence-electron chi connectivity index (χ0n) is 15.4. The van der Waals surface area contributed by atoms with Gasteiger partial charge in [0.25, 0.3) is 5.69 Å². The third kappa shape index (κ3) is 4.01. The van der Waals surface area contributed by atoms with Gasteiger partial charge in [-0.3, -0.25) is 10.1 Å². The molecule has 0 atom stereocenters. The van der Waals surface area contributed by atoms with Crippen molar-refractivity contribution in [3.05, 3.63) is 75.5 Å². The van der Waals surface area contributed by atoms with E-state index in [4.69, 9.17) is 14.0 Å². The molecule has 3 aromatic rings. The van der Waals surface area contributed by atoms with E-state index in [1.54, 1.807) is 38.1 Å². The maximum atomic E-state index is 12.2. The van der Waals surface area contributed by atoms with Gasteiger partial charge in [0.15, 0.2) is 0 Å². The van der Waals surface area contributed by atoms with Gasteiger partial charge in [0.1, 0.15) is 12.2 Å². The Labute approximate surface area is 160 Å². The third-order valence-electron chi connectivity index (χ3n) is 4.03. The van der Waals surface area contributed by atoms with Crippen LogP contribution in [0.25, 0.3) is 11.1 Å². The van der Waals surface area contributed by atoms with Gasteiger partial charge < -0.3 is 14.0 Å². The number of nitro benzene ring substituents is 1. The standard InChI is InChI=1S/C20H18N2O6/c1-3-26-19(23)18-17(15-7-5-4-6-8-15)20(28-21-18)27-12-14-10-9-13(2)16(11-14)22(24)25/h4-11H,3,12H2,1-2H3. The number of benzene rings is 2. The van der Waals surface area contributed by atoms with Crippen molar-refractivity contribution in [3.8, 4) is 17.1 Å². The van der Waals surface area contributed by atoms with E-state index >= 15 is 0 Å². The fourth-order valence-electron chi connectivity index (χ4n) is 2.66. The SMILES string of the molecule is CCOC(=O)c1noc(OCc2ccc(C)c([N+](=O)[O-])c2)c1-c1ccccc1. The summed E-state index contributed by atoms with van der Waals surface area (Å²) < 4.78 is 16.0. The summed E-state index contributed by atoms with van der Waals surface area (Å²) in [7, 11) is 0. The van der Waals surface area contributed by atoms with Crippen molar-refractivity contribution >= 4 is 11.7 Å². The predicted octanol–water partition coefficient (Wildman–Crippen LogP) is 4.31. The van der Waals surface area contributed by atoms with Crippen molar-refractivity contribution in [2.45, 2.75) is 20.5 Å². The number of carbonyl (C=O) groups excluding carboxylic acids is 1. The van der Waals surface area contributed by atoms with Crippen molar-refractivity contribution in [2.24, 2.45) is 0 Å². The molecule has 3 rings (SSSR count). The molecule has 1 aromatic heterocycles. The Morgan fingerprint density at radius 2 is 1.96 bits per heavy atom. The normalized spacial score (nSPS) is 10.5. The highest BCUT2D eigenvalue weighted by Crippen LogP contribution is 2.34. The first-order valence-electron chi connectivity index (χ1n) is 8.60. The molecule has 1 heterocycles. The number of rotatable bonds is 7. The first-order chi connectivity index (χ1) is 13.5. The quantitative estimate of drug-likeness (QED) is 0.340. The van der Waals surface area contributed by atoms with Gasteiger partial charge in [0.05, 0.1) is 11.5 Å². The molecule has 0 saturated carbocycles. The summed E-state index contributed by atoms with van der Waals surface area (Å²) in [6.45, 7) is 3.57. The highest BCUT2D eigenvalue weighted by Gasteiger charge is 2.26. The number of ether oxygens (including phenoxy) is 2. The molecule has 0 amide bonds. The highest BCUT2D eigenvalue weighted by atomic mass is 16.6. The Morgan fingerprint density at radius 3 is 2.64 bits per heavy atom. The lowest BCUT2D eigenvalue weighted by Crippen LogP contribution is -2.06. The van der Waals surface area contributed by atoms with E-state index in [0.717, 1.165) is 0 Å². The van der Waals surface area contributed by atoms with E-state index in [1.807, 2.05) is 18.2 Å². The van der Waals surface area contributed by atoms with Crippen LogP contribution in [-0.2, 0) is 11.3 Å². The Bertz CT molecular complexity index is 997. The van der Waals surface area contributed by atoms with Crippen LogP contribution < -0.4 is 4.74 Å². The van der Waals surface area contributed by atoms with Crippen LogP contribution in [-0.4, -0.2) is 22.7 Å². The fourth-order valence-corrected chi connectivity index (χ4v) is 2.66. The van der Waals surface area contributed by atoms with Gasteiger partial charge in [-0.2, -0.15) is 0 Å². The minimum Gasteiger partial charge on any atom is -0.461 e. The maximum Gasteiger partial charge on any atom is 0.361 e. The smallest absolute Gasteiger partial charge is 0.361 e. The van der Waals surface area contributed by atoms with Crippen molar-refractivity contribution < 1.29 is 23.7 Å². The molecule has 0 spiro atoms. The number of esters is 1. The predicted molar refractivity (Wildman–Crippen MR) is 100 cm³/mol. The molecule has 8 nitrogen and oxygen atoms in total. The first kappa shape index (κ1) is 19.1. The molecule has 144 valence electrons. The third-order valence-corrected chi connectivity index (χ3v) is 4.03. The minimum atomic E-state index is -0.620. The molecule has 0 saturated heterocycles. The second kappa shape index (κ2) is 8.34. The summed E-state index contributed by atoms with van der Waals surface area (Å²) >= 11 is 0. The van der Waals surface area contributed by atoms with Crippen molar-refractivity contribution in [1.29, 1.82) is 0 Å². The lowest BCUT2D eigenvalue weighted by Gasteiger charge is -2.07. The van der Waals surface area contributed by atoms with Crippen LogP contribution in [0, 0.1) is 17.0 Å². The minimum absolute atomic E-state index is 0.00849. The van der Waals surface area contributed by atoms with Gasteiger partial charge in [-0.15, -0.1) is 0 Å². The van der Waals surface area contributed by atoms with Crippen LogP contribution in [0.2, 0.25) is 0 Å². The second-order valence-corrected chi connectivity index (χ2v) is 5.95. The summed E-state index contributed by atoms with van der Waals surface area (Å²) in [4.78, 5) is 22.9. The summed E-state index contributed by atoms with van der Waals surface area (Å²) in [5.41, 5.74) is 2.22. The number of hydrogen-bond acceptors (Lipinski definition) is 7. The van der Waals surface area contributed by atoms with E-state index in [0.29, 0.717) is 22.3 Å². The van der Waals surface area contributed by atoms with Crippen molar-refractivity contribution in [2.75, 3.05) is 6.61 Å². The van der Waals surface area contributed by atoms with Gasteiger partial charge in [-0.05, 0) is 25.0 Å². The number of nitro groups is 1. The molecule has 0 fully saturated rings. The molecule has 0 radical (unpaired) electrons. The zero-order chi connectivity index (χ0) is 20.1. The Morgan fingerprint density at radius 1 is 1.21 bits per heavy atom. The number of hydrogen-bond donors (Lipinski definition) is 0. The summed E-state index contributed by atoms with van der Waals surface area (Å²) in [6, 6.07) is 13.9. The number of carbonyl (C=O) groups is 1. The number of aryl methyl sites for hydroxylation is 1. The van der Waals surface area contributed by atoms with Gasteiger partial charge in [-0.1, -0.05) is 47.6 Å². The molecule has 0 aliphatic carbocycles. The van der Waals surface area contributed by atoms with Gasteiger partial charge in [0, 0.05) is 11.6 Å². The monoisotopic (exact) mass is 382 g/mol. The molecular formula is C20H18N2O6. The number of nitrogens with zero attached hydrogens (tertiary/aromatic N) is 2. The Hall–Kier alpha value is -3.68. The molecule has 2 aromatic carbocycles. The highest BCUT2D eigenvalue weighted by molar-refractivity contribution is 5.96. The maximum absolute atomic E-state index is 12.2. The van der Waals surface area contributed by atoms with Gasteiger partial charge in [-0.25, -0.2) is 4.79 Å².